The Bertz CT molecular complexity index is 1250. The van der Waals surface area contributed by atoms with Crippen LogP contribution in [-0.4, -0.2) is 36.5 Å². The predicted molar refractivity (Wildman–Crippen MR) is 99.0 cm³/mol. The van der Waals surface area contributed by atoms with Gasteiger partial charge in [0.25, 0.3) is 0 Å². The molecule has 5 aromatic rings. The third-order valence-corrected chi connectivity index (χ3v) is 4.60. The number of aromatic nitrogens is 6. The molecule has 0 saturated heterocycles. The average Bonchev–Trinajstić information content (AvgIpc) is 3.38. The normalized spacial score (nSPS) is 11.5. The van der Waals surface area contributed by atoms with Crippen molar-refractivity contribution in [2.24, 2.45) is 7.05 Å². The van der Waals surface area contributed by atoms with E-state index in [0.29, 0.717) is 0 Å². The highest BCUT2D eigenvalue weighted by Crippen LogP contribution is 2.35. The quantitative estimate of drug-likeness (QED) is 0.545. The van der Waals surface area contributed by atoms with E-state index in [-0.39, 0.29) is 0 Å². The summed E-state index contributed by atoms with van der Waals surface area (Å²) in [4.78, 5) is 7.62. The molecule has 0 fully saturated rings. The first-order chi connectivity index (χ1) is 12.7. The van der Waals surface area contributed by atoms with E-state index in [2.05, 4.69) is 26.2 Å². The van der Waals surface area contributed by atoms with Crippen LogP contribution in [0.4, 0.5) is 0 Å². The summed E-state index contributed by atoms with van der Waals surface area (Å²) >= 11 is 0. The van der Waals surface area contributed by atoms with Gasteiger partial charge in [0, 0.05) is 48.5 Å². The average molecular weight is 344 g/mol. The fourth-order valence-corrected chi connectivity index (χ4v) is 3.36. The maximum Gasteiger partial charge on any atom is 0.141 e. The number of ether oxygens (including phenoxy) is 1. The van der Waals surface area contributed by atoms with Crippen LogP contribution in [0.1, 0.15) is 0 Å². The Hall–Kier alpha value is -3.61. The van der Waals surface area contributed by atoms with Gasteiger partial charge in [0.15, 0.2) is 0 Å². The number of hydrogen-bond donors (Lipinski definition) is 1. The molecule has 0 radical (unpaired) electrons. The van der Waals surface area contributed by atoms with Crippen molar-refractivity contribution in [1.82, 2.24) is 29.4 Å². The first kappa shape index (κ1) is 14.7. The smallest absolute Gasteiger partial charge is 0.141 e. The lowest BCUT2D eigenvalue weighted by molar-refractivity contribution is 0.419. The molecular formula is C19H16N6O. The summed E-state index contributed by atoms with van der Waals surface area (Å²) in [6, 6.07) is 6.05. The van der Waals surface area contributed by atoms with E-state index in [9.17, 15) is 0 Å². The van der Waals surface area contributed by atoms with Crippen molar-refractivity contribution in [3.05, 3.63) is 55.4 Å². The first-order valence-electron chi connectivity index (χ1n) is 8.21. The SMILES string of the molecule is COc1ccnc2[nH]cc(-c3ccn4ncc(-c5cnn(C)c5)c4c3)c12. The Morgan fingerprint density at radius 2 is 2.00 bits per heavy atom. The number of aromatic amines is 1. The molecule has 0 spiro atoms. The maximum atomic E-state index is 5.53. The van der Waals surface area contributed by atoms with Gasteiger partial charge in [-0.25, -0.2) is 9.50 Å². The van der Waals surface area contributed by atoms with E-state index < -0.39 is 0 Å². The highest BCUT2D eigenvalue weighted by Gasteiger charge is 2.14. The largest absolute Gasteiger partial charge is 0.496 e. The Kier molecular flexibility index (Phi) is 3.08. The van der Waals surface area contributed by atoms with Gasteiger partial charge >= 0.3 is 0 Å². The summed E-state index contributed by atoms with van der Waals surface area (Å²) in [7, 11) is 3.58. The third-order valence-electron chi connectivity index (χ3n) is 4.60. The molecule has 0 bridgehead atoms. The van der Waals surface area contributed by atoms with Crippen LogP contribution in [0.2, 0.25) is 0 Å². The number of hydrogen-bond acceptors (Lipinski definition) is 4. The van der Waals surface area contributed by atoms with Crippen LogP contribution in [0.15, 0.2) is 55.4 Å². The minimum atomic E-state index is 0.798. The monoisotopic (exact) mass is 344 g/mol. The summed E-state index contributed by atoms with van der Waals surface area (Å²) < 4.78 is 9.19. The molecule has 5 aromatic heterocycles. The minimum Gasteiger partial charge on any atom is -0.496 e. The number of nitrogens with one attached hydrogen (secondary N) is 1. The number of fused-ring (bicyclic) bond motifs is 2. The fourth-order valence-electron chi connectivity index (χ4n) is 3.36. The number of aryl methyl sites for hydroxylation is 1. The van der Waals surface area contributed by atoms with Gasteiger partial charge in [-0.15, -0.1) is 0 Å². The van der Waals surface area contributed by atoms with E-state index in [0.717, 1.165) is 44.6 Å². The van der Waals surface area contributed by atoms with Crippen molar-refractivity contribution in [2.75, 3.05) is 7.11 Å². The van der Waals surface area contributed by atoms with E-state index in [4.69, 9.17) is 4.74 Å². The first-order valence-corrected chi connectivity index (χ1v) is 8.21. The van der Waals surface area contributed by atoms with Crippen molar-refractivity contribution in [3.8, 4) is 28.0 Å². The number of pyridine rings is 2. The maximum absolute atomic E-state index is 5.53. The molecule has 1 N–H and O–H groups in total. The standard InChI is InChI=1S/C19H16N6O/c1-24-11-13(8-22-24)14-10-23-25-6-4-12(7-16(14)25)15-9-21-19-18(15)17(26-2)3-5-20-19/h3-11H,1-2H3,(H,20,21). The van der Waals surface area contributed by atoms with Crippen LogP contribution in [0, 0.1) is 0 Å². The molecule has 0 atom stereocenters. The highest BCUT2D eigenvalue weighted by molar-refractivity contribution is 5.99. The van der Waals surface area contributed by atoms with Gasteiger partial charge in [-0.2, -0.15) is 10.2 Å². The second kappa shape index (κ2) is 5.45. The van der Waals surface area contributed by atoms with Crippen molar-refractivity contribution in [1.29, 1.82) is 0 Å². The van der Waals surface area contributed by atoms with E-state index in [1.54, 1.807) is 18.0 Å². The lowest BCUT2D eigenvalue weighted by Gasteiger charge is -2.05. The van der Waals surface area contributed by atoms with Crippen molar-refractivity contribution >= 4 is 16.6 Å². The molecule has 0 amide bonds. The van der Waals surface area contributed by atoms with Crippen LogP contribution >= 0.6 is 0 Å². The van der Waals surface area contributed by atoms with Crippen LogP contribution in [0.25, 0.3) is 38.8 Å². The number of nitrogens with zero attached hydrogens (tertiary/aromatic N) is 5. The molecule has 26 heavy (non-hydrogen) atoms. The molecule has 0 aromatic carbocycles. The zero-order valence-corrected chi connectivity index (χ0v) is 14.3. The van der Waals surface area contributed by atoms with Gasteiger partial charge in [-0.05, 0) is 23.8 Å². The molecule has 5 rings (SSSR count). The van der Waals surface area contributed by atoms with Gasteiger partial charge in [0.1, 0.15) is 11.4 Å². The second-order valence-electron chi connectivity index (χ2n) is 6.15. The molecule has 7 heteroatoms. The topological polar surface area (TPSA) is 73.0 Å². The summed E-state index contributed by atoms with van der Waals surface area (Å²) in [5.74, 6) is 0.798. The second-order valence-corrected chi connectivity index (χ2v) is 6.15. The molecule has 0 unspecified atom stereocenters. The summed E-state index contributed by atoms with van der Waals surface area (Å²) in [6.45, 7) is 0. The molecule has 5 heterocycles. The highest BCUT2D eigenvalue weighted by atomic mass is 16.5. The van der Waals surface area contributed by atoms with Gasteiger partial charge in [-0.3, -0.25) is 4.68 Å². The Morgan fingerprint density at radius 1 is 1.08 bits per heavy atom. The Balaban J connectivity index is 1.74. The third kappa shape index (κ3) is 2.10. The molecule has 0 aliphatic heterocycles. The van der Waals surface area contributed by atoms with Crippen molar-refractivity contribution in [2.45, 2.75) is 0 Å². The fraction of sp³-hybridized carbons (Fsp3) is 0.105. The molecule has 0 aliphatic rings. The lowest BCUT2D eigenvalue weighted by atomic mass is 10.0. The van der Waals surface area contributed by atoms with Crippen molar-refractivity contribution in [3.63, 3.8) is 0 Å². The summed E-state index contributed by atoms with van der Waals surface area (Å²) in [5, 5.41) is 9.70. The number of H-pyrrole nitrogens is 1. The number of rotatable bonds is 3. The molecule has 128 valence electrons. The van der Waals surface area contributed by atoms with Gasteiger partial charge in [-0.1, -0.05) is 0 Å². The summed E-state index contributed by atoms with van der Waals surface area (Å²) in [5.41, 5.74) is 6.03. The van der Waals surface area contributed by atoms with Crippen LogP contribution in [-0.2, 0) is 7.05 Å². The number of methoxy groups -OCH3 is 1. The lowest BCUT2D eigenvalue weighted by Crippen LogP contribution is -1.89. The Labute approximate surface area is 148 Å². The van der Waals surface area contributed by atoms with Crippen LogP contribution in [0.3, 0.4) is 0 Å². The molecular weight excluding hydrogens is 328 g/mol. The van der Waals surface area contributed by atoms with Gasteiger partial charge in [0.05, 0.1) is 30.4 Å². The predicted octanol–water partition coefficient (Wildman–Crippen LogP) is 3.29. The van der Waals surface area contributed by atoms with E-state index >= 15 is 0 Å². The van der Waals surface area contributed by atoms with E-state index in [1.165, 1.54) is 0 Å². The van der Waals surface area contributed by atoms with Gasteiger partial charge in [0.2, 0.25) is 0 Å². The van der Waals surface area contributed by atoms with Crippen LogP contribution in [0.5, 0.6) is 5.75 Å². The zero-order chi connectivity index (χ0) is 17.7. The Morgan fingerprint density at radius 3 is 2.81 bits per heavy atom. The minimum absolute atomic E-state index is 0.798. The summed E-state index contributed by atoms with van der Waals surface area (Å²) in [6.07, 6.45) is 11.4. The van der Waals surface area contributed by atoms with Crippen molar-refractivity contribution < 1.29 is 4.74 Å². The van der Waals surface area contributed by atoms with Gasteiger partial charge < -0.3 is 9.72 Å². The van der Waals surface area contributed by atoms with E-state index in [1.807, 2.05) is 54.7 Å². The molecule has 0 aliphatic carbocycles. The zero-order valence-electron chi connectivity index (χ0n) is 14.3. The molecule has 7 nitrogen and oxygen atoms in total. The van der Waals surface area contributed by atoms with Crippen LogP contribution < -0.4 is 4.74 Å². The molecule has 0 saturated carbocycles.